The second kappa shape index (κ2) is 11.5. The summed E-state index contributed by atoms with van der Waals surface area (Å²) in [5.74, 6) is -1.85. The largest absolute Gasteiger partial charge is 0.462 e. The van der Waals surface area contributed by atoms with Gasteiger partial charge in [-0.25, -0.2) is 4.79 Å². The Kier molecular flexibility index (Phi) is 9.70. The van der Waals surface area contributed by atoms with Gasteiger partial charge < -0.3 is 20.1 Å². The van der Waals surface area contributed by atoms with Gasteiger partial charge in [0.15, 0.2) is 6.10 Å². The van der Waals surface area contributed by atoms with Crippen molar-refractivity contribution in [3.63, 3.8) is 0 Å². The summed E-state index contributed by atoms with van der Waals surface area (Å²) in [4.78, 5) is 59.6. The van der Waals surface area contributed by atoms with Gasteiger partial charge in [0.1, 0.15) is 6.61 Å². The van der Waals surface area contributed by atoms with Gasteiger partial charge in [0, 0.05) is 43.2 Å². The van der Waals surface area contributed by atoms with Crippen molar-refractivity contribution in [3.05, 3.63) is 12.2 Å². The first-order valence-corrected chi connectivity index (χ1v) is 9.89. The monoisotopic (exact) mass is 414 g/mol. The Hall–Kier alpha value is -2.36. The van der Waals surface area contributed by atoms with E-state index in [9.17, 15) is 24.0 Å². The van der Waals surface area contributed by atoms with Crippen molar-refractivity contribution in [2.75, 3.05) is 25.4 Å². The van der Waals surface area contributed by atoms with E-state index in [0.717, 1.165) is 23.9 Å². The summed E-state index contributed by atoms with van der Waals surface area (Å²) in [5.41, 5.74) is -1.03. The van der Waals surface area contributed by atoms with Gasteiger partial charge in [-0.05, 0) is 6.08 Å². The topological polar surface area (TPSA) is 128 Å². The number of hydrogen-bond donors (Lipinski definition) is 2. The average molecular weight is 414 g/mol. The van der Waals surface area contributed by atoms with E-state index in [4.69, 9.17) is 9.47 Å². The summed E-state index contributed by atoms with van der Waals surface area (Å²) >= 11 is 0.955. The van der Waals surface area contributed by atoms with Crippen LogP contribution >= 0.6 is 11.8 Å². The third kappa shape index (κ3) is 8.55. The molecule has 0 saturated carbocycles. The van der Waals surface area contributed by atoms with Gasteiger partial charge in [0.05, 0.1) is 0 Å². The quantitative estimate of drug-likeness (QED) is 0.619. The van der Waals surface area contributed by atoms with Gasteiger partial charge in [-0.1, -0.05) is 32.5 Å². The predicted molar refractivity (Wildman–Crippen MR) is 102 cm³/mol. The van der Waals surface area contributed by atoms with Crippen LogP contribution in [0.25, 0.3) is 0 Å². The molecule has 0 aliphatic carbocycles. The molecule has 0 spiro atoms. The zero-order valence-corrected chi connectivity index (χ0v) is 17.1. The molecule has 0 unspecified atom stereocenters. The number of ether oxygens (including phenoxy) is 2. The first-order chi connectivity index (χ1) is 13.2. The van der Waals surface area contributed by atoms with Gasteiger partial charge in [0.2, 0.25) is 11.0 Å². The Morgan fingerprint density at radius 3 is 2.61 bits per heavy atom. The fourth-order valence-electron chi connectivity index (χ4n) is 2.17. The van der Waals surface area contributed by atoms with Crippen LogP contribution in [0.1, 0.15) is 33.6 Å². The number of rotatable bonds is 2. The van der Waals surface area contributed by atoms with Crippen LogP contribution in [0.3, 0.4) is 0 Å². The molecule has 2 N–H and O–H groups in total. The van der Waals surface area contributed by atoms with Crippen molar-refractivity contribution in [1.29, 1.82) is 0 Å². The lowest BCUT2D eigenvalue weighted by Crippen LogP contribution is -2.49. The van der Waals surface area contributed by atoms with Crippen LogP contribution in [0.2, 0.25) is 0 Å². The lowest BCUT2D eigenvalue weighted by Gasteiger charge is -2.32. The minimum Gasteiger partial charge on any atom is -0.462 e. The fourth-order valence-corrected chi connectivity index (χ4v) is 2.74. The molecule has 10 heteroatoms. The van der Waals surface area contributed by atoms with E-state index in [-0.39, 0.29) is 43.6 Å². The summed E-state index contributed by atoms with van der Waals surface area (Å²) in [6, 6.07) is 0. The van der Waals surface area contributed by atoms with Crippen LogP contribution in [0.4, 0.5) is 0 Å². The molecule has 1 aliphatic rings. The zero-order chi connectivity index (χ0) is 21.2. The molecular formula is C18H26N2O7S. The van der Waals surface area contributed by atoms with Crippen molar-refractivity contribution in [2.45, 2.75) is 39.7 Å². The average Bonchev–Trinajstić information content (AvgIpc) is 2.65. The molecule has 0 radical (unpaired) electrons. The highest BCUT2D eigenvalue weighted by Gasteiger charge is 2.39. The first-order valence-electron chi connectivity index (χ1n) is 8.91. The number of hydrogen-bond acceptors (Lipinski definition) is 8. The molecule has 1 atom stereocenters. The van der Waals surface area contributed by atoms with Gasteiger partial charge in [0.25, 0.3) is 5.91 Å². The number of carbonyl (C=O) groups excluding carboxylic acids is 5. The van der Waals surface area contributed by atoms with Gasteiger partial charge >= 0.3 is 11.9 Å². The lowest BCUT2D eigenvalue weighted by molar-refractivity contribution is -0.167. The summed E-state index contributed by atoms with van der Waals surface area (Å²) in [7, 11) is 0. The highest BCUT2D eigenvalue weighted by molar-refractivity contribution is 8.14. The molecule has 1 rings (SSSR count). The van der Waals surface area contributed by atoms with Crippen LogP contribution in [-0.4, -0.2) is 60.4 Å². The van der Waals surface area contributed by atoms with Gasteiger partial charge in [-0.2, -0.15) is 0 Å². The Balaban J connectivity index is 2.97. The predicted octanol–water partition coefficient (Wildman–Crippen LogP) is 0.330. The number of cyclic esters (lactones) is 1. The zero-order valence-electron chi connectivity index (χ0n) is 16.2. The van der Waals surface area contributed by atoms with E-state index in [1.807, 2.05) is 0 Å². The van der Waals surface area contributed by atoms with Crippen LogP contribution in [-0.2, 0) is 33.4 Å². The molecule has 0 bridgehead atoms. The van der Waals surface area contributed by atoms with Crippen LogP contribution in [0.15, 0.2) is 12.2 Å². The molecule has 9 nitrogen and oxygen atoms in total. The molecular weight excluding hydrogens is 388 g/mol. The minimum absolute atomic E-state index is 0.0358. The maximum absolute atomic E-state index is 12.5. The fraction of sp³-hybridized carbons (Fsp3) is 0.611. The van der Waals surface area contributed by atoms with Crippen molar-refractivity contribution in [2.24, 2.45) is 5.41 Å². The molecule has 1 aliphatic heterocycles. The molecule has 1 heterocycles. The minimum atomic E-state index is -1.22. The molecule has 0 aromatic carbocycles. The third-order valence-corrected chi connectivity index (χ3v) is 4.58. The lowest BCUT2D eigenvalue weighted by atomic mass is 9.86. The first kappa shape index (κ1) is 23.7. The number of amides is 2. The highest BCUT2D eigenvalue weighted by Crippen LogP contribution is 2.25. The smallest absolute Gasteiger partial charge is 0.330 e. The highest BCUT2D eigenvalue weighted by atomic mass is 32.2. The maximum atomic E-state index is 12.5. The van der Waals surface area contributed by atoms with Gasteiger partial charge in [-0.15, -0.1) is 0 Å². The van der Waals surface area contributed by atoms with E-state index in [1.165, 1.54) is 0 Å². The summed E-state index contributed by atoms with van der Waals surface area (Å²) in [5, 5.41) is 4.85. The van der Waals surface area contributed by atoms with Gasteiger partial charge in [-0.3, -0.25) is 19.2 Å². The van der Waals surface area contributed by atoms with Crippen LogP contribution in [0, 0.1) is 5.41 Å². The van der Waals surface area contributed by atoms with E-state index in [2.05, 4.69) is 10.6 Å². The van der Waals surface area contributed by atoms with E-state index < -0.39 is 29.4 Å². The second-order valence-electron chi connectivity index (χ2n) is 6.71. The van der Waals surface area contributed by atoms with Crippen molar-refractivity contribution < 1.29 is 33.4 Å². The molecule has 0 saturated heterocycles. The SMILES string of the molecule is CCC(=O)O[C@H]1C(=O)NCCC(=O)NCCSC(=O)/C=C/C(=O)OCC1(C)C. The van der Waals surface area contributed by atoms with E-state index >= 15 is 0 Å². The standard InChI is InChI=1S/C18H26N2O7S/c1-4-13(22)27-16-17(25)20-8-7-12(21)19-9-10-28-15(24)6-5-14(23)26-11-18(16,2)3/h5-6,16H,4,7-11H2,1-3H3,(H,19,21)(H,20,25)/b6-5+/t16-/m0/s1. The van der Waals surface area contributed by atoms with Crippen molar-refractivity contribution >= 4 is 40.6 Å². The van der Waals surface area contributed by atoms with E-state index in [1.54, 1.807) is 20.8 Å². The number of thioether (sulfide) groups is 1. The summed E-state index contributed by atoms with van der Waals surface area (Å²) in [6.45, 7) is 4.92. The Morgan fingerprint density at radius 2 is 1.93 bits per heavy atom. The number of nitrogens with one attached hydrogen (secondary N) is 2. The third-order valence-electron chi connectivity index (χ3n) is 3.75. The Bertz CT molecular complexity index is 646. The van der Waals surface area contributed by atoms with Crippen LogP contribution < -0.4 is 10.6 Å². The normalized spacial score (nSPS) is 23.6. The Labute approximate surface area is 168 Å². The van der Waals surface area contributed by atoms with Crippen LogP contribution in [0.5, 0.6) is 0 Å². The second-order valence-corrected chi connectivity index (χ2v) is 7.81. The maximum Gasteiger partial charge on any atom is 0.330 e. The molecule has 0 aromatic rings. The molecule has 0 aromatic heterocycles. The molecule has 2 amide bonds. The summed E-state index contributed by atoms with van der Waals surface area (Å²) < 4.78 is 10.4. The number of esters is 2. The van der Waals surface area contributed by atoms with E-state index in [0.29, 0.717) is 5.75 Å². The molecule has 156 valence electrons. The number of carbonyl (C=O) groups is 5. The summed E-state index contributed by atoms with van der Waals surface area (Å²) in [6.07, 6.45) is 0.974. The van der Waals surface area contributed by atoms with Crippen molar-refractivity contribution in [3.8, 4) is 0 Å². The molecule has 28 heavy (non-hydrogen) atoms. The van der Waals surface area contributed by atoms with Crippen molar-refractivity contribution in [1.82, 2.24) is 10.6 Å². The Morgan fingerprint density at radius 1 is 1.21 bits per heavy atom. The molecule has 0 fully saturated rings.